The zero-order valence-corrected chi connectivity index (χ0v) is 15.6. The summed E-state index contributed by atoms with van der Waals surface area (Å²) in [6.07, 6.45) is 2.91. The number of benzene rings is 1. The molecule has 3 heterocycles. The first-order chi connectivity index (χ1) is 13.6. The number of aryl methyl sites for hydroxylation is 1. The number of aromatic nitrogens is 4. The largest absolute Gasteiger partial charge is 0.465 e. The van der Waals surface area contributed by atoms with Gasteiger partial charge in [-0.2, -0.15) is 0 Å². The molecule has 1 N–H and O–H groups in total. The van der Waals surface area contributed by atoms with Crippen LogP contribution in [0.2, 0.25) is 0 Å². The first-order valence-corrected chi connectivity index (χ1v) is 9.38. The zero-order valence-electron chi connectivity index (χ0n) is 15.6. The number of carbonyl (C=O) groups is 1. The van der Waals surface area contributed by atoms with Crippen LogP contribution in [0.4, 0.5) is 4.39 Å². The van der Waals surface area contributed by atoms with Crippen molar-refractivity contribution in [2.24, 2.45) is 0 Å². The van der Waals surface area contributed by atoms with Gasteiger partial charge in [0.25, 0.3) is 0 Å². The van der Waals surface area contributed by atoms with E-state index in [0.717, 1.165) is 47.5 Å². The number of methoxy groups -OCH3 is 1. The van der Waals surface area contributed by atoms with Gasteiger partial charge in [-0.3, -0.25) is 0 Å². The highest BCUT2D eigenvalue weighted by Crippen LogP contribution is 2.41. The van der Waals surface area contributed by atoms with Crippen LogP contribution in [-0.4, -0.2) is 32.6 Å². The highest BCUT2D eigenvalue weighted by Gasteiger charge is 2.30. The molecule has 6 nitrogen and oxygen atoms in total. The summed E-state index contributed by atoms with van der Waals surface area (Å²) in [4.78, 5) is 24.6. The number of fused-ring (bicyclic) bond motifs is 2. The van der Waals surface area contributed by atoms with E-state index >= 15 is 0 Å². The Kier molecular flexibility index (Phi) is 3.72. The molecule has 0 radical (unpaired) electrons. The van der Waals surface area contributed by atoms with Gasteiger partial charge in [-0.05, 0) is 43.5 Å². The first kappa shape index (κ1) is 16.9. The molecule has 0 saturated heterocycles. The number of halogens is 1. The third kappa shape index (κ3) is 2.58. The van der Waals surface area contributed by atoms with Crippen molar-refractivity contribution in [1.82, 2.24) is 19.5 Å². The Hall–Kier alpha value is -3.22. The lowest BCUT2D eigenvalue weighted by molar-refractivity contribution is 0.0595. The molecule has 4 aromatic rings. The number of ether oxygens (including phenoxy) is 1. The number of hydrogen-bond acceptors (Lipinski definition) is 4. The predicted octanol–water partition coefficient (Wildman–Crippen LogP) is 4.40. The summed E-state index contributed by atoms with van der Waals surface area (Å²) in [5, 5.41) is 1.00. The van der Waals surface area contributed by atoms with Gasteiger partial charge >= 0.3 is 5.97 Å². The Bertz CT molecular complexity index is 1240. The van der Waals surface area contributed by atoms with Gasteiger partial charge in [0.2, 0.25) is 0 Å². The molecule has 0 atom stereocenters. The molecule has 1 fully saturated rings. The smallest absolute Gasteiger partial charge is 0.340 e. The molecule has 0 bridgehead atoms. The van der Waals surface area contributed by atoms with Gasteiger partial charge in [-0.15, -0.1) is 0 Å². The van der Waals surface area contributed by atoms with E-state index < -0.39 is 11.8 Å². The molecule has 0 spiro atoms. The maximum atomic E-state index is 14.5. The van der Waals surface area contributed by atoms with Crippen LogP contribution < -0.4 is 0 Å². The van der Waals surface area contributed by atoms with Gasteiger partial charge in [0, 0.05) is 23.2 Å². The van der Waals surface area contributed by atoms with Crippen molar-refractivity contribution in [3.8, 4) is 11.5 Å². The summed E-state index contributed by atoms with van der Waals surface area (Å²) < 4.78 is 21.3. The fraction of sp³-hybridized carbons (Fsp3) is 0.286. The Morgan fingerprint density at radius 2 is 2.11 bits per heavy atom. The monoisotopic (exact) mass is 378 g/mol. The highest BCUT2D eigenvalue weighted by atomic mass is 19.1. The van der Waals surface area contributed by atoms with E-state index in [4.69, 9.17) is 4.98 Å². The van der Waals surface area contributed by atoms with Crippen molar-refractivity contribution in [2.45, 2.75) is 32.2 Å². The second kappa shape index (κ2) is 6.15. The molecule has 0 amide bonds. The number of esters is 1. The molecular formula is C21H19FN4O2. The lowest BCUT2D eigenvalue weighted by atomic mass is 10.2. The molecule has 1 aromatic carbocycles. The minimum absolute atomic E-state index is 0.104. The van der Waals surface area contributed by atoms with Gasteiger partial charge in [0.1, 0.15) is 11.5 Å². The van der Waals surface area contributed by atoms with E-state index in [-0.39, 0.29) is 11.6 Å². The van der Waals surface area contributed by atoms with E-state index in [2.05, 4.69) is 26.2 Å². The molecule has 5 rings (SSSR count). The van der Waals surface area contributed by atoms with Crippen molar-refractivity contribution >= 4 is 28.0 Å². The van der Waals surface area contributed by atoms with E-state index in [0.29, 0.717) is 11.0 Å². The van der Waals surface area contributed by atoms with Crippen LogP contribution in [0.1, 0.15) is 41.9 Å². The number of hydrogen-bond donors (Lipinski definition) is 1. The van der Waals surface area contributed by atoms with Crippen LogP contribution in [0.15, 0.2) is 30.3 Å². The summed E-state index contributed by atoms with van der Waals surface area (Å²) in [7, 11) is 1.24. The Balaban J connectivity index is 1.72. The van der Waals surface area contributed by atoms with Gasteiger partial charge in [0.15, 0.2) is 5.82 Å². The number of H-pyrrole nitrogens is 1. The molecule has 1 saturated carbocycles. The lowest BCUT2D eigenvalue weighted by Crippen LogP contribution is -2.05. The van der Waals surface area contributed by atoms with E-state index in [9.17, 15) is 9.18 Å². The third-order valence-electron chi connectivity index (χ3n) is 5.24. The third-order valence-corrected chi connectivity index (χ3v) is 5.24. The molecule has 7 heteroatoms. The standard InChI is InChI=1S/C21H19FN4O2/c1-3-12-5-4-11-8-17(24-19(11)23-12)20-25-16-9-14(21(27)28-2)15(22)10-18(16)26(20)13-6-7-13/h4-5,8-10,13H,3,6-7H2,1-2H3,(H,23,24). The highest BCUT2D eigenvalue weighted by molar-refractivity contribution is 5.95. The topological polar surface area (TPSA) is 72.8 Å². The van der Waals surface area contributed by atoms with Crippen LogP contribution in [-0.2, 0) is 11.2 Å². The molecule has 1 aliphatic carbocycles. The summed E-state index contributed by atoms with van der Waals surface area (Å²) >= 11 is 0. The molecule has 0 unspecified atom stereocenters. The van der Waals surface area contributed by atoms with Gasteiger partial charge in [-0.1, -0.05) is 6.92 Å². The van der Waals surface area contributed by atoms with Gasteiger partial charge in [-0.25, -0.2) is 19.2 Å². The van der Waals surface area contributed by atoms with Gasteiger partial charge < -0.3 is 14.3 Å². The zero-order chi connectivity index (χ0) is 19.4. The number of nitrogens with zero attached hydrogens (tertiary/aromatic N) is 3. The lowest BCUT2D eigenvalue weighted by Gasteiger charge is -2.07. The van der Waals surface area contributed by atoms with Crippen molar-refractivity contribution in [3.63, 3.8) is 0 Å². The maximum Gasteiger partial charge on any atom is 0.340 e. The minimum Gasteiger partial charge on any atom is -0.465 e. The predicted molar refractivity (Wildman–Crippen MR) is 104 cm³/mol. The summed E-state index contributed by atoms with van der Waals surface area (Å²) in [5.41, 5.74) is 3.81. The SMILES string of the molecule is CCc1ccc2cc(-c3nc4cc(C(=O)OC)c(F)cc4n3C3CC3)[nH]c2n1. The second-order valence-electron chi connectivity index (χ2n) is 7.13. The van der Waals surface area contributed by atoms with Crippen LogP contribution >= 0.6 is 0 Å². The normalized spacial score (nSPS) is 14.1. The van der Waals surface area contributed by atoms with Crippen molar-refractivity contribution in [3.05, 3.63) is 47.4 Å². The van der Waals surface area contributed by atoms with Crippen LogP contribution in [0.5, 0.6) is 0 Å². The van der Waals surface area contributed by atoms with Crippen molar-refractivity contribution in [2.75, 3.05) is 7.11 Å². The van der Waals surface area contributed by atoms with Crippen molar-refractivity contribution in [1.29, 1.82) is 0 Å². The number of aromatic amines is 1. The number of rotatable bonds is 4. The fourth-order valence-electron chi connectivity index (χ4n) is 3.64. The van der Waals surface area contributed by atoms with E-state index in [1.165, 1.54) is 19.2 Å². The van der Waals surface area contributed by atoms with Crippen molar-refractivity contribution < 1.29 is 13.9 Å². The summed E-state index contributed by atoms with van der Waals surface area (Å²) in [5.74, 6) is -0.572. The van der Waals surface area contributed by atoms with E-state index in [1.54, 1.807) is 0 Å². The fourth-order valence-corrected chi connectivity index (χ4v) is 3.64. The Morgan fingerprint density at radius 1 is 1.29 bits per heavy atom. The summed E-state index contributed by atoms with van der Waals surface area (Å²) in [6, 6.07) is 9.21. The summed E-state index contributed by atoms with van der Waals surface area (Å²) in [6.45, 7) is 2.07. The second-order valence-corrected chi connectivity index (χ2v) is 7.13. The number of pyridine rings is 1. The average molecular weight is 378 g/mol. The molecule has 3 aromatic heterocycles. The molecule has 28 heavy (non-hydrogen) atoms. The van der Waals surface area contributed by atoms with Crippen LogP contribution in [0.25, 0.3) is 33.6 Å². The first-order valence-electron chi connectivity index (χ1n) is 9.38. The van der Waals surface area contributed by atoms with Crippen LogP contribution in [0, 0.1) is 5.82 Å². The number of nitrogens with one attached hydrogen (secondary N) is 1. The van der Waals surface area contributed by atoms with E-state index in [1.807, 2.05) is 18.2 Å². The number of imidazole rings is 1. The maximum absolute atomic E-state index is 14.5. The number of carbonyl (C=O) groups excluding carboxylic acids is 1. The Labute approximate surface area is 160 Å². The molecule has 1 aliphatic rings. The molecule has 0 aliphatic heterocycles. The van der Waals surface area contributed by atoms with Gasteiger partial charge in [0.05, 0.1) is 29.4 Å². The average Bonchev–Trinajstić information content (AvgIpc) is 3.34. The van der Waals surface area contributed by atoms with Crippen LogP contribution in [0.3, 0.4) is 0 Å². The Morgan fingerprint density at radius 3 is 2.82 bits per heavy atom. The molecule has 142 valence electrons. The molecular weight excluding hydrogens is 359 g/mol. The minimum atomic E-state index is -0.705. The quantitative estimate of drug-likeness (QED) is 0.534.